The molecule has 0 aliphatic carbocycles. The molecule has 0 amide bonds. The predicted octanol–water partition coefficient (Wildman–Crippen LogP) is 1.63. The average Bonchev–Trinajstić information content (AvgIpc) is 2.82. The fourth-order valence-corrected chi connectivity index (χ4v) is 2.13. The minimum atomic E-state index is 0.426. The molecule has 0 bridgehead atoms. The first-order valence-electron chi connectivity index (χ1n) is 5.85. The van der Waals surface area contributed by atoms with Gasteiger partial charge in [-0.3, -0.25) is 0 Å². The van der Waals surface area contributed by atoms with Gasteiger partial charge in [0.2, 0.25) is 0 Å². The Labute approximate surface area is 99.4 Å². The maximum Gasteiger partial charge on any atom is 0.155 e. The van der Waals surface area contributed by atoms with Crippen molar-refractivity contribution in [1.29, 1.82) is 0 Å². The third-order valence-corrected chi connectivity index (χ3v) is 3.14. The number of rotatable bonds is 2. The lowest BCUT2D eigenvalue weighted by molar-refractivity contribution is 0.0836. The zero-order valence-electron chi connectivity index (χ0n) is 9.80. The van der Waals surface area contributed by atoms with Crippen LogP contribution in [0, 0.1) is 0 Å². The maximum atomic E-state index is 5.35. The second-order valence-corrected chi connectivity index (χ2v) is 4.23. The Morgan fingerprint density at radius 1 is 1.35 bits per heavy atom. The molecule has 90 valence electrons. The molecule has 2 aromatic rings. The van der Waals surface area contributed by atoms with Gasteiger partial charge in [0.05, 0.1) is 13.3 Å². The molecule has 17 heavy (non-hydrogen) atoms. The van der Waals surface area contributed by atoms with E-state index in [-0.39, 0.29) is 0 Å². The largest absolute Gasteiger partial charge is 0.495 e. The van der Waals surface area contributed by atoms with Crippen LogP contribution in [0.1, 0.15) is 24.6 Å². The third-order valence-electron chi connectivity index (χ3n) is 3.14. The Kier molecular flexibility index (Phi) is 2.68. The Morgan fingerprint density at radius 3 is 2.94 bits per heavy atom. The van der Waals surface area contributed by atoms with Gasteiger partial charge in [-0.2, -0.15) is 5.10 Å². The number of methoxy groups -OCH3 is 1. The van der Waals surface area contributed by atoms with Crippen LogP contribution in [0.25, 0.3) is 5.65 Å². The van der Waals surface area contributed by atoms with Crippen LogP contribution in [0.2, 0.25) is 0 Å². The summed E-state index contributed by atoms with van der Waals surface area (Å²) >= 11 is 0. The van der Waals surface area contributed by atoms with Gasteiger partial charge in [0.1, 0.15) is 5.75 Å². The fraction of sp³-hybridized carbons (Fsp3) is 0.500. The highest BCUT2D eigenvalue weighted by Gasteiger charge is 2.20. The lowest BCUT2D eigenvalue weighted by atomic mass is 10.00. The number of aromatic nitrogens is 3. The van der Waals surface area contributed by atoms with E-state index < -0.39 is 0 Å². The zero-order chi connectivity index (χ0) is 11.7. The van der Waals surface area contributed by atoms with E-state index in [1.807, 2.05) is 18.3 Å². The van der Waals surface area contributed by atoms with Crippen LogP contribution in [-0.4, -0.2) is 34.9 Å². The summed E-state index contributed by atoms with van der Waals surface area (Å²) < 4.78 is 12.3. The molecule has 0 unspecified atom stereocenters. The van der Waals surface area contributed by atoms with Gasteiger partial charge in [0.25, 0.3) is 0 Å². The van der Waals surface area contributed by atoms with E-state index in [0.717, 1.165) is 43.3 Å². The van der Waals surface area contributed by atoms with Crippen molar-refractivity contribution in [3.63, 3.8) is 0 Å². The molecule has 1 aliphatic rings. The van der Waals surface area contributed by atoms with E-state index in [1.165, 1.54) is 0 Å². The molecule has 0 spiro atoms. The Bertz CT molecular complexity index is 517. The highest BCUT2D eigenvalue weighted by molar-refractivity contribution is 5.40. The van der Waals surface area contributed by atoms with Gasteiger partial charge in [-0.15, -0.1) is 0 Å². The molecule has 1 fully saturated rings. The fourth-order valence-electron chi connectivity index (χ4n) is 2.13. The quantitative estimate of drug-likeness (QED) is 0.791. The van der Waals surface area contributed by atoms with Crippen molar-refractivity contribution in [1.82, 2.24) is 14.6 Å². The Balaban J connectivity index is 1.95. The van der Waals surface area contributed by atoms with Gasteiger partial charge in [0.15, 0.2) is 11.5 Å². The number of hydrogen-bond donors (Lipinski definition) is 0. The molecule has 0 radical (unpaired) electrons. The monoisotopic (exact) mass is 233 g/mol. The molecule has 5 nitrogen and oxygen atoms in total. The number of pyridine rings is 1. The molecule has 3 rings (SSSR count). The van der Waals surface area contributed by atoms with E-state index in [9.17, 15) is 0 Å². The summed E-state index contributed by atoms with van der Waals surface area (Å²) in [5.41, 5.74) is 0.868. The highest BCUT2D eigenvalue weighted by Crippen LogP contribution is 2.24. The predicted molar refractivity (Wildman–Crippen MR) is 62.3 cm³/mol. The number of hydrogen-bond acceptors (Lipinski definition) is 4. The summed E-state index contributed by atoms with van der Waals surface area (Å²) in [6.45, 7) is 1.62. The summed E-state index contributed by atoms with van der Waals surface area (Å²) in [5, 5.41) is 4.52. The van der Waals surface area contributed by atoms with E-state index >= 15 is 0 Å². The standard InChI is InChI=1S/C12H15N3O2/c1-16-10-2-3-11-13-12(14-15(11)8-10)9-4-6-17-7-5-9/h2-3,8-9H,4-7H2,1H3. The zero-order valence-corrected chi connectivity index (χ0v) is 9.80. The minimum absolute atomic E-state index is 0.426. The van der Waals surface area contributed by atoms with Crippen molar-refractivity contribution in [3.05, 3.63) is 24.2 Å². The molecule has 0 N–H and O–H groups in total. The molecular formula is C12H15N3O2. The van der Waals surface area contributed by atoms with Crippen molar-refractivity contribution in [2.24, 2.45) is 0 Å². The van der Waals surface area contributed by atoms with E-state index in [4.69, 9.17) is 9.47 Å². The second-order valence-electron chi connectivity index (χ2n) is 4.23. The summed E-state index contributed by atoms with van der Waals surface area (Å²) in [7, 11) is 1.65. The van der Waals surface area contributed by atoms with Crippen molar-refractivity contribution in [2.45, 2.75) is 18.8 Å². The lowest BCUT2D eigenvalue weighted by Crippen LogP contribution is -2.15. The highest BCUT2D eigenvalue weighted by atomic mass is 16.5. The third kappa shape index (κ3) is 1.98. The van der Waals surface area contributed by atoms with Gasteiger partial charge < -0.3 is 9.47 Å². The molecule has 3 heterocycles. The minimum Gasteiger partial charge on any atom is -0.495 e. The molecule has 0 saturated carbocycles. The Hall–Kier alpha value is -1.62. The summed E-state index contributed by atoms with van der Waals surface area (Å²) in [4.78, 5) is 4.55. The van der Waals surface area contributed by atoms with Gasteiger partial charge in [-0.1, -0.05) is 0 Å². The van der Waals surface area contributed by atoms with Gasteiger partial charge in [-0.25, -0.2) is 9.50 Å². The van der Waals surface area contributed by atoms with Crippen molar-refractivity contribution in [3.8, 4) is 5.75 Å². The second kappa shape index (κ2) is 4.33. The summed E-state index contributed by atoms with van der Waals surface area (Å²) in [6.07, 6.45) is 3.87. The van der Waals surface area contributed by atoms with Crippen molar-refractivity contribution >= 4 is 5.65 Å². The van der Waals surface area contributed by atoms with E-state index in [0.29, 0.717) is 5.92 Å². The van der Waals surface area contributed by atoms with Crippen LogP contribution in [0.3, 0.4) is 0 Å². The molecule has 5 heteroatoms. The Morgan fingerprint density at radius 2 is 2.18 bits per heavy atom. The summed E-state index contributed by atoms with van der Waals surface area (Å²) in [6, 6.07) is 3.83. The van der Waals surface area contributed by atoms with Crippen molar-refractivity contribution in [2.75, 3.05) is 20.3 Å². The molecule has 0 atom stereocenters. The molecule has 0 aromatic carbocycles. The first kappa shape index (κ1) is 10.5. The van der Waals surface area contributed by atoms with E-state index in [2.05, 4.69) is 10.1 Å². The first-order chi connectivity index (χ1) is 8.36. The van der Waals surface area contributed by atoms with Gasteiger partial charge >= 0.3 is 0 Å². The van der Waals surface area contributed by atoms with Crippen LogP contribution in [0.15, 0.2) is 18.3 Å². The van der Waals surface area contributed by atoms with Crippen molar-refractivity contribution < 1.29 is 9.47 Å². The smallest absolute Gasteiger partial charge is 0.155 e. The molecule has 1 saturated heterocycles. The number of nitrogens with zero attached hydrogens (tertiary/aromatic N) is 3. The van der Waals surface area contributed by atoms with Crippen LogP contribution in [-0.2, 0) is 4.74 Å². The normalized spacial score (nSPS) is 17.5. The first-order valence-corrected chi connectivity index (χ1v) is 5.85. The van der Waals surface area contributed by atoms with Crippen LogP contribution >= 0.6 is 0 Å². The molecule has 2 aromatic heterocycles. The average molecular weight is 233 g/mol. The SMILES string of the molecule is COc1ccc2nc(C3CCOCC3)nn2c1. The molecular weight excluding hydrogens is 218 g/mol. The summed E-state index contributed by atoms with van der Waals surface area (Å²) in [5.74, 6) is 2.14. The number of fused-ring (bicyclic) bond motifs is 1. The van der Waals surface area contributed by atoms with Crippen LogP contribution in [0.4, 0.5) is 0 Å². The topological polar surface area (TPSA) is 48.7 Å². The van der Waals surface area contributed by atoms with Gasteiger partial charge in [0, 0.05) is 19.1 Å². The van der Waals surface area contributed by atoms with E-state index in [1.54, 1.807) is 11.6 Å². The van der Waals surface area contributed by atoms with Crippen LogP contribution < -0.4 is 4.74 Å². The lowest BCUT2D eigenvalue weighted by Gasteiger charge is -2.18. The molecule has 1 aliphatic heterocycles. The number of ether oxygens (including phenoxy) is 2. The van der Waals surface area contributed by atoms with Crippen LogP contribution in [0.5, 0.6) is 5.75 Å². The maximum absolute atomic E-state index is 5.35. The van der Waals surface area contributed by atoms with Gasteiger partial charge in [-0.05, 0) is 25.0 Å².